The Balaban J connectivity index is 1.90. The minimum Gasteiger partial charge on any atom is -0.493 e. The number of primary amides is 1. The average Bonchev–Trinajstić information content (AvgIpc) is 3.43. The fraction of sp³-hybridized carbons (Fsp3) is 0.440. The highest BCUT2D eigenvalue weighted by atomic mass is 19.4. The monoisotopic (exact) mass is 570 g/mol. The van der Waals surface area contributed by atoms with E-state index in [2.05, 4.69) is 20.3 Å². The lowest BCUT2D eigenvalue weighted by molar-refractivity contribution is -0.275. The molecule has 2 amide bonds. The number of fused-ring (bicyclic) bond motifs is 1. The van der Waals surface area contributed by atoms with E-state index in [-0.39, 0.29) is 40.5 Å². The van der Waals surface area contributed by atoms with Crippen molar-refractivity contribution in [1.82, 2.24) is 15.0 Å². The molecule has 0 radical (unpaired) electrons. The molecule has 40 heavy (non-hydrogen) atoms. The van der Waals surface area contributed by atoms with E-state index >= 15 is 0 Å². The topological polar surface area (TPSA) is 158 Å². The van der Waals surface area contributed by atoms with Crippen molar-refractivity contribution in [2.45, 2.75) is 44.6 Å². The second kappa shape index (κ2) is 10.3. The Morgan fingerprint density at radius 3 is 2.52 bits per heavy atom. The molecule has 2 aromatic heterocycles. The van der Waals surface area contributed by atoms with Crippen LogP contribution < -0.4 is 21.5 Å². The van der Waals surface area contributed by atoms with Crippen molar-refractivity contribution in [2.75, 3.05) is 19.0 Å². The summed E-state index contributed by atoms with van der Waals surface area (Å²) in [7, 11) is 1.06. The second-order valence-electron chi connectivity index (χ2n) is 9.81. The first-order chi connectivity index (χ1) is 18.6. The van der Waals surface area contributed by atoms with Crippen LogP contribution in [0.1, 0.15) is 54.7 Å². The Hall–Kier alpha value is -3.85. The lowest BCUT2D eigenvalue weighted by atomic mass is 9.77. The molecule has 0 spiro atoms. The van der Waals surface area contributed by atoms with Crippen LogP contribution in [0.15, 0.2) is 18.2 Å². The Kier molecular flexibility index (Phi) is 7.49. The van der Waals surface area contributed by atoms with E-state index in [1.165, 1.54) is 13.0 Å². The fourth-order valence-electron chi connectivity index (χ4n) is 4.81. The number of aromatic nitrogens is 3. The number of benzene rings is 1. The van der Waals surface area contributed by atoms with Gasteiger partial charge >= 0.3 is 6.18 Å². The molecule has 216 valence electrons. The number of carbonyl (C=O) groups excluding carboxylic acids is 2. The van der Waals surface area contributed by atoms with Crippen LogP contribution in [-0.4, -0.2) is 52.2 Å². The Labute approximate surface area is 224 Å². The first kappa shape index (κ1) is 29.1. The van der Waals surface area contributed by atoms with Crippen LogP contribution in [-0.2, 0) is 9.53 Å². The van der Waals surface area contributed by atoms with E-state index in [4.69, 9.17) is 20.9 Å². The predicted octanol–water partition coefficient (Wildman–Crippen LogP) is 3.69. The standard InChI is InChI=1S/C25H27F5N6O4/c1-9(8-31)23(38)35-14-7-13-17(18(34-14)21(32)37)36-22(33-13)20-15(10(2)24(3,40-20)25(28,29)30)11-5-6-12(26)16(27)19(11)39-4/h5-7,9-10,15,20H,8,31H2,1-4H3,(H2,32,37)(H,33,36)(H,34,35,38)/t9-,10-,15-,20+,24+/m0/s1. The molecule has 0 saturated carbocycles. The number of H-pyrrole nitrogens is 1. The van der Waals surface area contributed by atoms with E-state index < -0.39 is 64.8 Å². The van der Waals surface area contributed by atoms with Gasteiger partial charge in [-0.25, -0.2) is 14.4 Å². The highest BCUT2D eigenvalue weighted by molar-refractivity contribution is 6.04. The molecular weight excluding hydrogens is 543 g/mol. The summed E-state index contributed by atoms with van der Waals surface area (Å²) in [6.07, 6.45) is -6.36. The van der Waals surface area contributed by atoms with Crippen molar-refractivity contribution >= 4 is 28.7 Å². The summed E-state index contributed by atoms with van der Waals surface area (Å²) in [4.78, 5) is 35.7. The number of anilines is 1. The number of nitrogens with one attached hydrogen (secondary N) is 2. The van der Waals surface area contributed by atoms with E-state index in [1.807, 2.05) is 0 Å². The van der Waals surface area contributed by atoms with Crippen molar-refractivity contribution in [1.29, 1.82) is 0 Å². The van der Waals surface area contributed by atoms with Gasteiger partial charge in [-0.3, -0.25) is 9.59 Å². The van der Waals surface area contributed by atoms with E-state index in [0.717, 1.165) is 26.2 Å². The number of rotatable bonds is 7. The molecule has 6 N–H and O–H groups in total. The summed E-state index contributed by atoms with van der Waals surface area (Å²) in [6, 6.07) is 3.22. The molecule has 3 aromatic rings. The minimum atomic E-state index is -4.87. The minimum absolute atomic E-state index is 0.0367. The summed E-state index contributed by atoms with van der Waals surface area (Å²) in [5.74, 6) is -8.15. The van der Waals surface area contributed by atoms with Gasteiger partial charge in [-0.05, 0) is 13.0 Å². The van der Waals surface area contributed by atoms with Gasteiger partial charge in [-0.15, -0.1) is 0 Å². The number of imidazole rings is 1. The van der Waals surface area contributed by atoms with Crippen molar-refractivity contribution in [3.63, 3.8) is 0 Å². The zero-order valence-electron chi connectivity index (χ0n) is 21.8. The summed E-state index contributed by atoms with van der Waals surface area (Å²) >= 11 is 0. The molecule has 10 nitrogen and oxygen atoms in total. The van der Waals surface area contributed by atoms with E-state index in [1.54, 1.807) is 6.92 Å². The number of aromatic amines is 1. The number of pyridine rings is 1. The van der Waals surface area contributed by atoms with Crippen LogP contribution in [0.5, 0.6) is 5.75 Å². The largest absolute Gasteiger partial charge is 0.493 e. The zero-order valence-corrected chi connectivity index (χ0v) is 21.8. The summed E-state index contributed by atoms with van der Waals surface area (Å²) in [6.45, 7) is 3.72. The van der Waals surface area contributed by atoms with Crippen LogP contribution in [0.25, 0.3) is 11.0 Å². The first-order valence-corrected chi connectivity index (χ1v) is 12.1. The number of carbonyl (C=O) groups is 2. The Morgan fingerprint density at radius 2 is 1.95 bits per heavy atom. The molecule has 0 aliphatic carbocycles. The molecule has 0 unspecified atom stereocenters. The molecule has 4 rings (SSSR count). The fourth-order valence-corrected chi connectivity index (χ4v) is 4.81. The van der Waals surface area contributed by atoms with Gasteiger partial charge < -0.3 is 31.2 Å². The molecule has 3 heterocycles. The van der Waals surface area contributed by atoms with Gasteiger partial charge in [0.25, 0.3) is 5.91 Å². The number of ether oxygens (including phenoxy) is 2. The third-order valence-corrected chi connectivity index (χ3v) is 7.36. The zero-order chi connectivity index (χ0) is 29.7. The normalized spacial score (nSPS) is 23.8. The van der Waals surface area contributed by atoms with Gasteiger partial charge in [-0.2, -0.15) is 17.6 Å². The quantitative estimate of drug-likeness (QED) is 0.316. The van der Waals surface area contributed by atoms with Gasteiger partial charge in [0, 0.05) is 35.9 Å². The third kappa shape index (κ3) is 4.72. The molecule has 1 saturated heterocycles. The van der Waals surface area contributed by atoms with Gasteiger partial charge in [0.15, 0.2) is 22.9 Å². The van der Waals surface area contributed by atoms with E-state index in [9.17, 15) is 31.5 Å². The van der Waals surface area contributed by atoms with Gasteiger partial charge in [0.2, 0.25) is 11.7 Å². The number of nitrogens with two attached hydrogens (primary N) is 2. The van der Waals surface area contributed by atoms with Crippen LogP contribution in [0.4, 0.5) is 27.8 Å². The smallest absolute Gasteiger partial charge is 0.417 e. The number of amides is 2. The molecule has 1 aromatic carbocycles. The molecule has 5 atom stereocenters. The molecule has 1 aliphatic heterocycles. The summed E-state index contributed by atoms with van der Waals surface area (Å²) in [5.41, 5.74) is 7.80. The maximum Gasteiger partial charge on any atom is 0.417 e. The second-order valence-corrected chi connectivity index (χ2v) is 9.81. The van der Waals surface area contributed by atoms with Crippen LogP contribution >= 0.6 is 0 Å². The molecule has 1 fully saturated rings. The molecular formula is C25H27F5N6O4. The first-order valence-electron chi connectivity index (χ1n) is 12.1. The highest BCUT2D eigenvalue weighted by Crippen LogP contribution is 2.59. The van der Waals surface area contributed by atoms with Crippen molar-refractivity contribution in [3.8, 4) is 5.75 Å². The number of alkyl halides is 3. The van der Waals surface area contributed by atoms with Gasteiger partial charge in [-0.1, -0.05) is 19.9 Å². The Morgan fingerprint density at radius 1 is 1.27 bits per heavy atom. The molecule has 0 bridgehead atoms. The van der Waals surface area contributed by atoms with Crippen LogP contribution in [0.2, 0.25) is 0 Å². The lowest BCUT2D eigenvalue weighted by Gasteiger charge is -2.32. The SMILES string of the molecule is COc1c([C@H]2[C@H](c3nc4c(C(N)=O)nc(NC(=O)[C@@H](C)CN)cc4[nH]3)O[C@@](C)(C(F)(F)F)[C@H]2C)ccc(F)c1F. The van der Waals surface area contributed by atoms with Crippen LogP contribution in [0, 0.1) is 23.5 Å². The summed E-state index contributed by atoms with van der Waals surface area (Å²) in [5, 5.41) is 2.50. The third-order valence-electron chi connectivity index (χ3n) is 7.36. The lowest BCUT2D eigenvalue weighted by Crippen LogP contribution is -2.46. The van der Waals surface area contributed by atoms with Crippen molar-refractivity contribution in [2.24, 2.45) is 23.3 Å². The number of halogens is 5. The Bertz CT molecular complexity index is 1480. The number of nitrogens with zero attached hydrogens (tertiary/aromatic N) is 2. The summed E-state index contributed by atoms with van der Waals surface area (Å²) < 4.78 is 82.2. The van der Waals surface area contributed by atoms with Gasteiger partial charge in [0.1, 0.15) is 23.3 Å². The highest BCUT2D eigenvalue weighted by Gasteiger charge is 2.65. The van der Waals surface area contributed by atoms with Crippen molar-refractivity contribution in [3.05, 3.63) is 46.9 Å². The van der Waals surface area contributed by atoms with Gasteiger partial charge in [0.05, 0.1) is 12.6 Å². The maximum absolute atomic E-state index is 14.7. The van der Waals surface area contributed by atoms with Crippen LogP contribution in [0.3, 0.4) is 0 Å². The van der Waals surface area contributed by atoms with Crippen molar-refractivity contribution < 1.29 is 41.0 Å². The number of hydrogen-bond donors (Lipinski definition) is 4. The number of hydrogen-bond acceptors (Lipinski definition) is 7. The average molecular weight is 571 g/mol. The molecule has 1 aliphatic rings. The maximum atomic E-state index is 14.7. The predicted molar refractivity (Wildman–Crippen MR) is 132 cm³/mol. The van der Waals surface area contributed by atoms with E-state index in [0.29, 0.717) is 0 Å². The number of methoxy groups -OCH3 is 1. The molecule has 15 heteroatoms.